The van der Waals surface area contributed by atoms with Crippen molar-refractivity contribution >= 4 is 66.7 Å². The van der Waals surface area contributed by atoms with Crippen LogP contribution in [0.3, 0.4) is 0 Å². The molecule has 15 nitrogen and oxygen atoms in total. The number of ketones is 1. The molecule has 434 valence electrons. The van der Waals surface area contributed by atoms with E-state index < -0.39 is 19.9 Å². The molecule has 0 aliphatic carbocycles. The Labute approximate surface area is 484 Å². The number of hydrogen-bond donors (Lipinski definition) is 3. The number of sulfonamides is 1. The molecule has 0 saturated carbocycles. The van der Waals surface area contributed by atoms with Gasteiger partial charge in [-0.2, -0.15) is 0 Å². The number of halogens is 2. The van der Waals surface area contributed by atoms with Gasteiger partial charge in [0.25, 0.3) is 0 Å². The van der Waals surface area contributed by atoms with Crippen molar-refractivity contribution in [2.75, 3.05) is 72.2 Å². The molecule has 8 rings (SSSR count). The van der Waals surface area contributed by atoms with Gasteiger partial charge in [-0.15, -0.1) is 0 Å². The molecule has 0 spiro atoms. The third-order valence-electron chi connectivity index (χ3n) is 16.7. The van der Waals surface area contributed by atoms with Crippen LogP contribution in [0, 0.1) is 19.8 Å². The summed E-state index contributed by atoms with van der Waals surface area (Å²) in [5, 5.41) is 7.03. The number of urea groups is 1. The minimum Gasteiger partial charge on any atom is -0.343 e. The molecule has 2 atom stereocenters. The minimum atomic E-state index is -3.80. The van der Waals surface area contributed by atoms with Gasteiger partial charge in [-0.25, -0.2) is 26.4 Å². The fourth-order valence-electron chi connectivity index (χ4n) is 12.2. The average Bonchev–Trinajstić information content (AvgIpc) is 3.46. The lowest BCUT2D eigenvalue weighted by Gasteiger charge is -2.34. The average molecular weight is 1180 g/mol. The standard InChI is InChI=1S/C61H81Cl2N7O8S2/c1-42-31-47(62)35-53-55(42)37-67(3)39-57(53)45-13-10-17-51(33-45)79(75,76)41-44-21-27-69(28-22-44)60(73)20-12-26-65-61(74)64-25-9-5-6-15-50(71)16-7-8-19-59(72)70-29-23-49(24-30-70)66-80(77,78)52-18-11-14-46(34-52)58-40-68(4)38-56-43(2)32-48(63)36-54(56)58/h10-11,13-14,17-18,31-36,44,49,57-58,66H,5-9,12,15-16,19-30,37-41H2,1-4H3,(H2,64,65,74). The van der Waals surface area contributed by atoms with E-state index in [1.807, 2.05) is 48.5 Å². The van der Waals surface area contributed by atoms with Gasteiger partial charge in [0, 0.05) is 119 Å². The molecule has 0 bridgehead atoms. The van der Waals surface area contributed by atoms with Crippen LogP contribution in [0.1, 0.15) is 146 Å². The molecular formula is C61H81Cl2N7O8S2. The number of benzene rings is 4. The first-order valence-electron chi connectivity index (χ1n) is 28.7. The number of sulfone groups is 1. The largest absolute Gasteiger partial charge is 0.343 e. The Balaban J connectivity index is 0.630. The number of likely N-dealkylation sites (N-methyl/N-ethyl adjacent to an activating group) is 2. The monoisotopic (exact) mass is 1170 g/mol. The minimum absolute atomic E-state index is 0.00538. The number of nitrogens with zero attached hydrogens (tertiary/aromatic N) is 4. The number of rotatable bonds is 23. The lowest BCUT2D eigenvalue weighted by molar-refractivity contribution is -0.133. The molecule has 4 aromatic rings. The molecule has 80 heavy (non-hydrogen) atoms. The molecule has 2 saturated heterocycles. The van der Waals surface area contributed by atoms with Gasteiger partial charge in [0.1, 0.15) is 5.78 Å². The molecular weight excluding hydrogens is 1090 g/mol. The molecule has 4 aliphatic rings. The van der Waals surface area contributed by atoms with Crippen LogP contribution in [0.2, 0.25) is 10.0 Å². The highest BCUT2D eigenvalue weighted by Crippen LogP contribution is 2.39. The number of nitrogens with one attached hydrogen (secondary N) is 3. The van der Waals surface area contributed by atoms with Crippen molar-refractivity contribution in [3.8, 4) is 0 Å². The van der Waals surface area contributed by atoms with Gasteiger partial charge in [0.2, 0.25) is 21.8 Å². The van der Waals surface area contributed by atoms with Gasteiger partial charge in [0.15, 0.2) is 9.84 Å². The van der Waals surface area contributed by atoms with Crippen LogP contribution >= 0.6 is 23.2 Å². The third kappa shape index (κ3) is 16.4. The van der Waals surface area contributed by atoms with E-state index in [2.05, 4.69) is 53.1 Å². The molecule has 2 unspecified atom stereocenters. The zero-order valence-electron chi connectivity index (χ0n) is 47.0. The smallest absolute Gasteiger partial charge is 0.314 e. The summed E-state index contributed by atoms with van der Waals surface area (Å²) in [7, 11) is -3.21. The second kappa shape index (κ2) is 27.9. The molecule has 4 amide bonds. The lowest BCUT2D eigenvalue weighted by Crippen LogP contribution is -2.46. The summed E-state index contributed by atoms with van der Waals surface area (Å²) in [6, 6.07) is 21.9. The first kappa shape index (κ1) is 61.2. The Kier molecular flexibility index (Phi) is 21.4. The van der Waals surface area contributed by atoms with E-state index in [0.717, 1.165) is 78.8 Å². The Bertz CT molecular complexity index is 2880. The maximum Gasteiger partial charge on any atom is 0.314 e. The molecule has 0 radical (unpaired) electrons. The van der Waals surface area contributed by atoms with Crippen molar-refractivity contribution in [3.63, 3.8) is 0 Å². The van der Waals surface area contributed by atoms with Gasteiger partial charge in [-0.05, 0) is 185 Å². The summed E-state index contributed by atoms with van der Waals surface area (Å²) in [5.74, 6) is 0.194. The van der Waals surface area contributed by atoms with Gasteiger partial charge < -0.3 is 30.2 Å². The van der Waals surface area contributed by atoms with Crippen LogP contribution in [0.4, 0.5) is 4.79 Å². The van der Waals surface area contributed by atoms with E-state index in [4.69, 9.17) is 23.2 Å². The molecule has 4 aromatic carbocycles. The van der Waals surface area contributed by atoms with E-state index >= 15 is 0 Å². The van der Waals surface area contributed by atoms with E-state index in [0.29, 0.717) is 125 Å². The lowest BCUT2D eigenvalue weighted by atomic mass is 9.83. The van der Waals surface area contributed by atoms with Crippen molar-refractivity contribution in [2.24, 2.45) is 5.92 Å². The van der Waals surface area contributed by atoms with Crippen LogP contribution in [-0.4, -0.2) is 138 Å². The van der Waals surface area contributed by atoms with Crippen LogP contribution < -0.4 is 15.4 Å². The molecule has 0 aromatic heterocycles. The predicted octanol–water partition coefficient (Wildman–Crippen LogP) is 9.52. The zero-order valence-corrected chi connectivity index (χ0v) is 50.2. The maximum absolute atomic E-state index is 13.7. The molecule has 19 heteroatoms. The van der Waals surface area contributed by atoms with Crippen LogP contribution in [0.25, 0.3) is 0 Å². The summed E-state index contributed by atoms with van der Waals surface area (Å²) in [6.07, 6.45) is 7.79. The molecule has 2 fully saturated rings. The number of piperidine rings is 2. The van der Waals surface area contributed by atoms with Crippen molar-refractivity contribution < 1.29 is 36.0 Å². The normalized spacial score (nSPS) is 18.6. The van der Waals surface area contributed by atoms with Crippen LogP contribution in [-0.2, 0) is 47.3 Å². The summed E-state index contributed by atoms with van der Waals surface area (Å²) >= 11 is 12.9. The first-order chi connectivity index (χ1) is 38.2. The first-order valence-corrected chi connectivity index (χ1v) is 32.6. The van der Waals surface area contributed by atoms with Gasteiger partial charge in [-0.3, -0.25) is 14.4 Å². The van der Waals surface area contributed by atoms with E-state index in [1.165, 1.54) is 11.1 Å². The van der Waals surface area contributed by atoms with Crippen molar-refractivity contribution in [2.45, 2.75) is 144 Å². The Hall–Kier alpha value is -4.88. The highest BCUT2D eigenvalue weighted by molar-refractivity contribution is 7.91. The fraction of sp³-hybridized carbons (Fsp3) is 0.541. The maximum atomic E-state index is 13.7. The topological polar surface area (TPSA) is 186 Å². The highest BCUT2D eigenvalue weighted by Gasteiger charge is 2.33. The number of fused-ring (bicyclic) bond motifs is 2. The number of Topliss-reactive ketones (excluding diaryl/α,β-unsaturated/α-hetero) is 1. The van der Waals surface area contributed by atoms with Gasteiger partial charge in [-0.1, -0.05) is 53.9 Å². The quantitative estimate of drug-likeness (QED) is 0.0605. The Morgan fingerprint density at radius 1 is 0.575 bits per heavy atom. The SMILES string of the molecule is Cc1cc(Cl)cc2c1CN(C)CC2c1cccc(S(=O)(=O)CC2CCN(C(=O)CCCNC(=O)NCCCCCC(=O)CCCCC(=O)N3CCC(NS(=O)(=O)c4cccc(C5CN(C)Cc6c(C)cc(Cl)cc65)c4)CC3)CC2)c1. The predicted molar refractivity (Wildman–Crippen MR) is 315 cm³/mol. The second-order valence-corrected chi connectivity index (χ2v) is 27.6. The van der Waals surface area contributed by atoms with E-state index in [9.17, 15) is 36.0 Å². The number of unbranched alkanes of at least 4 members (excludes halogenated alkanes) is 3. The Morgan fingerprint density at radius 2 is 1.05 bits per heavy atom. The van der Waals surface area contributed by atoms with Gasteiger partial charge >= 0.3 is 6.03 Å². The third-order valence-corrected chi connectivity index (χ3v) is 20.5. The second-order valence-electron chi connectivity index (χ2n) is 22.9. The van der Waals surface area contributed by atoms with Crippen LogP contribution in [0.15, 0.2) is 82.6 Å². The molecule has 3 N–H and O–H groups in total. The van der Waals surface area contributed by atoms with E-state index in [1.54, 1.807) is 34.1 Å². The van der Waals surface area contributed by atoms with Gasteiger partial charge in [0.05, 0.1) is 15.5 Å². The summed E-state index contributed by atoms with van der Waals surface area (Å²) in [6.45, 7) is 10.1. The van der Waals surface area contributed by atoms with Crippen LogP contribution in [0.5, 0.6) is 0 Å². The number of likely N-dealkylation sites (tertiary alicyclic amines) is 2. The summed E-state index contributed by atoms with van der Waals surface area (Å²) in [4.78, 5) is 59.7. The fourth-order valence-corrected chi connectivity index (χ4v) is 15.9. The number of amides is 4. The number of hydrogen-bond acceptors (Lipinski definition) is 10. The van der Waals surface area contributed by atoms with E-state index in [-0.39, 0.29) is 58.1 Å². The summed E-state index contributed by atoms with van der Waals surface area (Å²) < 4.78 is 57.7. The summed E-state index contributed by atoms with van der Waals surface area (Å²) in [5.41, 5.74) is 8.91. The number of aryl methyl sites for hydroxylation is 2. The Morgan fingerprint density at radius 3 is 1.61 bits per heavy atom. The number of carbonyl (C=O) groups is 4. The van der Waals surface area contributed by atoms with Crippen molar-refractivity contribution in [1.29, 1.82) is 0 Å². The van der Waals surface area contributed by atoms with Crippen molar-refractivity contribution in [1.82, 2.24) is 35.0 Å². The number of carbonyl (C=O) groups excluding carboxylic acids is 4. The molecule has 4 heterocycles. The molecule has 4 aliphatic heterocycles. The zero-order chi connectivity index (χ0) is 57.1. The van der Waals surface area contributed by atoms with Crippen molar-refractivity contribution in [3.05, 3.63) is 127 Å². The highest BCUT2D eigenvalue weighted by atomic mass is 35.5.